The van der Waals surface area contributed by atoms with Crippen molar-refractivity contribution in [2.75, 3.05) is 0 Å². The van der Waals surface area contributed by atoms with E-state index >= 15 is 0 Å². The fraction of sp³-hybridized carbons (Fsp3) is 0.417. The Balaban J connectivity index is 2.21. The van der Waals surface area contributed by atoms with Gasteiger partial charge in [-0.1, -0.05) is 23.4 Å². The van der Waals surface area contributed by atoms with E-state index in [0.717, 1.165) is 11.3 Å². The molecular weight excluding hydrogens is 230 g/mol. The molecule has 1 aliphatic heterocycles. The minimum atomic E-state index is -0.772. The lowest BCUT2D eigenvalue weighted by Gasteiger charge is -2.42. The Morgan fingerprint density at radius 2 is 2.11 bits per heavy atom. The van der Waals surface area contributed by atoms with E-state index in [0.29, 0.717) is 12.2 Å². The van der Waals surface area contributed by atoms with Crippen molar-refractivity contribution >= 4 is 0 Å². The maximum atomic E-state index is 6.55. The molecule has 1 unspecified atom stereocenters. The fourth-order valence-electron chi connectivity index (χ4n) is 2.57. The quantitative estimate of drug-likeness (QED) is 0.781. The second-order valence-electron chi connectivity index (χ2n) is 5.24. The number of aromatic amines is 1. The van der Waals surface area contributed by atoms with Gasteiger partial charge in [-0.15, -0.1) is 10.2 Å². The van der Waals surface area contributed by atoms with Crippen molar-refractivity contribution in [3.05, 3.63) is 35.7 Å². The first-order valence-electron chi connectivity index (χ1n) is 5.83. The van der Waals surface area contributed by atoms with Crippen LogP contribution in [0.1, 0.15) is 31.7 Å². The molecule has 0 spiro atoms. The summed E-state index contributed by atoms with van der Waals surface area (Å²) in [4.78, 5) is 0. The van der Waals surface area contributed by atoms with Gasteiger partial charge in [-0.2, -0.15) is 5.21 Å². The number of para-hydroxylation sites is 1. The first kappa shape index (κ1) is 11.2. The summed E-state index contributed by atoms with van der Waals surface area (Å²) >= 11 is 0. The second-order valence-corrected chi connectivity index (χ2v) is 5.24. The molecule has 1 aromatic carbocycles. The third-order valence-electron chi connectivity index (χ3n) is 3.20. The van der Waals surface area contributed by atoms with Gasteiger partial charge in [-0.3, -0.25) is 0 Å². The van der Waals surface area contributed by atoms with Gasteiger partial charge in [0.25, 0.3) is 0 Å². The molecule has 0 saturated heterocycles. The monoisotopic (exact) mass is 245 g/mol. The van der Waals surface area contributed by atoms with Crippen molar-refractivity contribution in [3.63, 3.8) is 0 Å². The number of rotatable bonds is 1. The van der Waals surface area contributed by atoms with Crippen molar-refractivity contribution in [2.45, 2.75) is 31.4 Å². The highest BCUT2D eigenvalue weighted by atomic mass is 16.5. The van der Waals surface area contributed by atoms with Crippen LogP contribution in [0.4, 0.5) is 0 Å². The molecule has 0 amide bonds. The third-order valence-corrected chi connectivity index (χ3v) is 3.20. The number of ether oxygens (including phenoxy) is 1. The molecule has 2 aromatic rings. The van der Waals surface area contributed by atoms with Gasteiger partial charge in [0, 0.05) is 12.0 Å². The number of fused-ring (bicyclic) bond motifs is 1. The molecule has 0 bridgehead atoms. The lowest BCUT2D eigenvalue weighted by Crippen LogP contribution is -2.51. The normalized spacial score (nSPS) is 25.3. The lowest BCUT2D eigenvalue weighted by molar-refractivity contribution is 0.0535. The Bertz CT molecular complexity index is 566. The first-order valence-corrected chi connectivity index (χ1v) is 5.83. The molecule has 94 valence electrons. The van der Waals surface area contributed by atoms with E-state index in [-0.39, 0.29) is 5.60 Å². The largest absolute Gasteiger partial charge is 0.487 e. The van der Waals surface area contributed by atoms with Crippen LogP contribution in [0.15, 0.2) is 24.3 Å². The zero-order chi connectivity index (χ0) is 12.8. The Kier molecular flexibility index (Phi) is 2.18. The molecule has 3 rings (SSSR count). The summed E-state index contributed by atoms with van der Waals surface area (Å²) in [5.41, 5.74) is 6.30. The number of hydrogen-bond acceptors (Lipinski definition) is 5. The number of aromatic nitrogens is 4. The third kappa shape index (κ3) is 1.57. The minimum Gasteiger partial charge on any atom is -0.487 e. The summed E-state index contributed by atoms with van der Waals surface area (Å²) in [6, 6.07) is 7.72. The molecular formula is C12H15N5O. The van der Waals surface area contributed by atoms with Crippen LogP contribution in [0.5, 0.6) is 5.75 Å². The molecule has 2 heterocycles. The van der Waals surface area contributed by atoms with Crippen molar-refractivity contribution in [3.8, 4) is 5.75 Å². The van der Waals surface area contributed by atoms with E-state index in [1.807, 2.05) is 38.1 Å². The smallest absolute Gasteiger partial charge is 0.199 e. The standard InChI is InChI=1S/C12H15N5O/c1-11(2)7-12(13,10-14-16-17-15-10)8-5-3-4-6-9(8)18-11/h3-6H,7,13H2,1-2H3,(H,14,15,16,17). The lowest BCUT2D eigenvalue weighted by atomic mass is 9.78. The Morgan fingerprint density at radius 3 is 2.83 bits per heavy atom. The van der Waals surface area contributed by atoms with Crippen molar-refractivity contribution < 1.29 is 4.74 Å². The van der Waals surface area contributed by atoms with Gasteiger partial charge in [0.2, 0.25) is 0 Å². The summed E-state index contributed by atoms with van der Waals surface area (Å²) in [6.07, 6.45) is 0.594. The van der Waals surface area contributed by atoms with Gasteiger partial charge in [0.15, 0.2) is 5.82 Å². The molecule has 0 radical (unpaired) electrons. The molecule has 6 heteroatoms. The van der Waals surface area contributed by atoms with E-state index in [4.69, 9.17) is 10.5 Å². The maximum absolute atomic E-state index is 6.55. The summed E-state index contributed by atoms with van der Waals surface area (Å²) in [7, 11) is 0. The zero-order valence-corrected chi connectivity index (χ0v) is 10.3. The minimum absolute atomic E-state index is 0.371. The molecule has 1 aliphatic rings. The predicted molar refractivity (Wildman–Crippen MR) is 64.9 cm³/mol. The van der Waals surface area contributed by atoms with Crippen molar-refractivity contribution in [1.82, 2.24) is 20.6 Å². The van der Waals surface area contributed by atoms with Gasteiger partial charge >= 0.3 is 0 Å². The van der Waals surface area contributed by atoms with Crippen LogP contribution in [-0.2, 0) is 5.54 Å². The Labute approximate surface area is 105 Å². The Hall–Kier alpha value is -1.95. The number of benzene rings is 1. The van der Waals surface area contributed by atoms with Gasteiger partial charge in [-0.25, -0.2) is 0 Å². The predicted octanol–water partition coefficient (Wildman–Crippen LogP) is 0.963. The van der Waals surface area contributed by atoms with Crippen LogP contribution in [0.3, 0.4) is 0 Å². The van der Waals surface area contributed by atoms with Gasteiger partial charge in [0.05, 0.1) is 0 Å². The summed E-state index contributed by atoms with van der Waals surface area (Å²) in [5, 5.41) is 14.2. The average molecular weight is 245 g/mol. The van der Waals surface area contributed by atoms with Crippen LogP contribution in [-0.4, -0.2) is 26.2 Å². The highest BCUT2D eigenvalue weighted by molar-refractivity contribution is 5.45. The van der Waals surface area contributed by atoms with E-state index in [9.17, 15) is 0 Å². The van der Waals surface area contributed by atoms with Crippen LogP contribution in [0.2, 0.25) is 0 Å². The van der Waals surface area contributed by atoms with E-state index in [1.165, 1.54) is 0 Å². The summed E-state index contributed by atoms with van der Waals surface area (Å²) < 4.78 is 5.95. The molecule has 6 nitrogen and oxygen atoms in total. The van der Waals surface area contributed by atoms with Gasteiger partial charge in [-0.05, 0) is 19.9 Å². The van der Waals surface area contributed by atoms with Crippen molar-refractivity contribution in [1.29, 1.82) is 0 Å². The molecule has 3 N–H and O–H groups in total. The van der Waals surface area contributed by atoms with Crippen LogP contribution >= 0.6 is 0 Å². The Morgan fingerprint density at radius 1 is 1.33 bits per heavy atom. The molecule has 0 aliphatic carbocycles. The highest BCUT2D eigenvalue weighted by Crippen LogP contribution is 2.44. The molecule has 0 saturated carbocycles. The van der Waals surface area contributed by atoms with Crippen LogP contribution in [0, 0.1) is 0 Å². The number of nitrogens with zero attached hydrogens (tertiary/aromatic N) is 3. The number of hydrogen-bond donors (Lipinski definition) is 2. The maximum Gasteiger partial charge on any atom is 0.199 e. The SMILES string of the molecule is CC1(C)CC(N)(c2nn[nH]n2)c2ccccc2O1. The molecule has 0 fully saturated rings. The number of tetrazole rings is 1. The summed E-state index contributed by atoms with van der Waals surface area (Å²) in [5.74, 6) is 1.27. The van der Waals surface area contributed by atoms with Crippen LogP contribution in [0.25, 0.3) is 0 Å². The van der Waals surface area contributed by atoms with E-state index in [1.54, 1.807) is 0 Å². The van der Waals surface area contributed by atoms with Crippen molar-refractivity contribution in [2.24, 2.45) is 5.73 Å². The topological polar surface area (TPSA) is 89.7 Å². The average Bonchev–Trinajstić information content (AvgIpc) is 2.81. The number of H-pyrrole nitrogens is 1. The first-order chi connectivity index (χ1) is 8.51. The zero-order valence-electron chi connectivity index (χ0n) is 10.3. The molecule has 18 heavy (non-hydrogen) atoms. The highest BCUT2D eigenvalue weighted by Gasteiger charge is 2.46. The van der Waals surface area contributed by atoms with Gasteiger partial charge in [0.1, 0.15) is 16.9 Å². The number of nitrogens with two attached hydrogens (primary N) is 1. The second kappa shape index (κ2) is 3.52. The fourth-order valence-corrected chi connectivity index (χ4v) is 2.57. The van der Waals surface area contributed by atoms with Gasteiger partial charge < -0.3 is 10.5 Å². The summed E-state index contributed by atoms with van der Waals surface area (Å²) in [6.45, 7) is 4.01. The molecule has 1 aromatic heterocycles. The van der Waals surface area contributed by atoms with E-state index < -0.39 is 5.54 Å². The molecule has 1 atom stereocenters. The van der Waals surface area contributed by atoms with E-state index in [2.05, 4.69) is 20.6 Å². The van der Waals surface area contributed by atoms with Crippen LogP contribution < -0.4 is 10.5 Å². The number of nitrogens with one attached hydrogen (secondary N) is 1.